The Bertz CT molecular complexity index is 903. The molecule has 0 fully saturated rings. The minimum atomic E-state index is -3.02. The van der Waals surface area contributed by atoms with Gasteiger partial charge in [0, 0.05) is 51.2 Å². The maximum atomic E-state index is 14.0. The van der Waals surface area contributed by atoms with E-state index in [1.807, 2.05) is 6.92 Å². The maximum Gasteiger partial charge on any atom is 0.270 e. The van der Waals surface area contributed by atoms with Crippen molar-refractivity contribution >= 4 is 12.0 Å². The number of halogens is 2. The van der Waals surface area contributed by atoms with Crippen LogP contribution >= 0.6 is 0 Å². The maximum absolute atomic E-state index is 14.0. The summed E-state index contributed by atoms with van der Waals surface area (Å²) in [6.45, 7) is 8.21. The van der Waals surface area contributed by atoms with E-state index in [2.05, 4.69) is 22.9 Å². The number of Topliss-reactive ketones (excluding diaryl/α,β-unsaturated/α-hetero) is 1. The molecule has 0 saturated heterocycles. The number of carbonyl (C=O) groups is 1. The van der Waals surface area contributed by atoms with Gasteiger partial charge in [-0.05, 0) is 44.2 Å². The third kappa shape index (κ3) is 8.44. The predicted octanol–water partition coefficient (Wildman–Crippen LogP) is 5.56. The molecule has 0 heterocycles. The fourth-order valence-corrected chi connectivity index (χ4v) is 4.31. The van der Waals surface area contributed by atoms with E-state index in [1.54, 1.807) is 18.2 Å². The number of aliphatic hydroxyl groups is 2. The number of rotatable bonds is 13. The highest BCUT2D eigenvalue weighted by molar-refractivity contribution is 6.14. The van der Waals surface area contributed by atoms with Crippen LogP contribution in [0.5, 0.6) is 0 Å². The number of hydrogen-bond donors (Lipinski definition) is 2. The third-order valence-electron chi connectivity index (χ3n) is 6.11. The second kappa shape index (κ2) is 13.5. The van der Waals surface area contributed by atoms with Crippen molar-refractivity contribution in [1.82, 2.24) is 4.90 Å². The molecule has 0 saturated carbocycles. The van der Waals surface area contributed by atoms with Crippen LogP contribution in [0.15, 0.2) is 52.2 Å². The molecule has 1 aliphatic rings. The van der Waals surface area contributed by atoms with Crippen molar-refractivity contribution in [3.63, 3.8) is 0 Å². The standard InChI is InChI=1S/C27H38F2N2O3/c1-4-13-31(14-7-8-20(2)11-16-32)15-12-30-19-23-25(33)17-21(18-26(23)34)22-9-5-6-10-24(22)27(3,28)29/h5-6,8-10,19,21,32-33H,4,7,11-18H2,1-3H3/b20-8-,30-19?. The highest BCUT2D eigenvalue weighted by atomic mass is 19.3. The molecule has 0 aliphatic heterocycles. The molecule has 1 aromatic carbocycles. The summed E-state index contributed by atoms with van der Waals surface area (Å²) in [7, 11) is 0. The largest absolute Gasteiger partial charge is 0.511 e. The summed E-state index contributed by atoms with van der Waals surface area (Å²) in [5.74, 6) is -3.86. The van der Waals surface area contributed by atoms with Gasteiger partial charge in [-0.1, -0.05) is 42.8 Å². The van der Waals surface area contributed by atoms with Crippen LogP contribution in [0.4, 0.5) is 8.78 Å². The number of aliphatic imine (C=N–C) groups is 1. The number of aliphatic hydroxyl groups excluding tert-OH is 2. The summed E-state index contributed by atoms with van der Waals surface area (Å²) in [5, 5.41) is 19.5. The van der Waals surface area contributed by atoms with E-state index in [4.69, 9.17) is 5.11 Å². The normalized spacial score (nSPS) is 17.9. The van der Waals surface area contributed by atoms with Crippen LogP contribution in [0.1, 0.15) is 69.9 Å². The Morgan fingerprint density at radius 3 is 2.62 bits per heavy atom. The van der Waals surface area contributed by atoms with Crippen LogP contribution in [0, 0.1) is 0 Å². The van der Waals surface area contributed by atoms with Crippen LogP contribution in [-0.2, 0) is 10.7 Å². The third-order valence-corrected chi connectivity index (χ3v) is 6.11. The molecule has 5 nitrogen and oxygen atoms in total. The quantitative estimate of drug-likeness (QED) is 0.289. The number of benzene rings is 1. The molecule has 188 valence electrons. The Labute approximate surface area is 201 Å². The highest BCUT2D eigenvalue weighted by Gasteiger charge is 2.34. The van der Waals surface area contributed by atoms with Crippen molar-refractivity contribution in [2.75, 3.05) is 32.8 Å². The lowest BCUT2D eigenvalue weighted by atomic mass is 9.80. The minimum Gasteiger partial charge on any atom is -0.511 e. The van der Waals surface area contributed by atoms with E-state index in [0.717, 1.165) is 39.4 Å². The molecule has 2 rings (SSSR count). The van der Waals surface area contributed by atoms with E-state index < -0.39 is 11.8 Å². The van der Waals surface area contributed by atoms with Gasteiger partial charge in [-0.2, -0.15) is 0 Å². The molecule has 2 N–H and O–H groups in total. The molecule has 0 amide bonds. The first kappa shape index (κ1) is 27.9. The van der Waals surface area contributed by atoms with Gasteiger partial charge in [-0.3, -0.25) is 9.79 Å². The molecule has 34 heavy (non-hydrogen) atoms. The van der Waals surface area contributed by atoms with E-state index >= 15 is 0 Å². The summed E-state index contributed by atoms with van der Waals surface area (Å²) in [5.41, 5.74) is 1.67. The number of nitrogens with zero attached hydrogens (tertiary/aromatic N) is 2. The Hall–Kier alpha value is -2.38. The summed E-state index contributed by atoms with van der Waals surface area (Å²) in [4.78, 5) is 19.4. The van der Waals surface area contributed by atoms with Crippen molar-refractivity contribution in [3.05, 3.63) is 58.4 Å². The van der Waals surface area contributed by atoms with Gasteiger partial charge in [0.1, 0.15) is 5.76 Å². The molecule has 7 heteroatoms. The number of alkyl halides is 2. The zero-order valence-corrected chi connectivity index (χ0v) is 20.6. The zero-order chi connectivity index (χ0) is 25.1. The van der Waals surface area contributed by atoms with E-state index in [0.29, 0.717) is 18.5 Å². The van der Waals surface area contributed by atoms with Gasteiger partial charge in [0.05, 0.1) is 12.1 Å². The van der Waals surface area contributed by atoms with E-state index in [-0.39, 0.29) is 42.1 Å². The summed E-state index contributed by atoms with van der Waals surface area (Å²) in [6.07, 6.45) is 6.41. The van der Waals surface area contributed by atoms with Gasteiger partial charge in [0.25, 0.3) is 5.92 Å². The molecule has 0 aromatic heterocycles. The molecule has 1 unspecified atom stereocenters. The lowest BCUT2D eigenvalue weighted by Crippen LogP contribution is -2.28. The lowest BCUT2D eigenvalue weighted by Gasteiger charge is -2.26. The minimum absolute atomic E-state index is 0.0694. The highest BCUT2D eigenvalue weighted by Crippen LogP contribution is 2.39. The first-order chi connectivity index (χ1) is 16.2. The van der Waals surface area contributed by atoms with Crippen molar-refractivity contribution in [1.29, 1.82) is 0 Å². The van der Waals surface area contributed by atoms with Crippen molar-refractivity contribution in [2.24, 2.45) is 4.99 Å². The van der Waals surface area contributed by atoms with Crippen LogP contribution in [0.3, 0.4) is 0 Å². The second-order valence-electron chi connectivity index (χ2n) is 9.05. The topological polar surface area (TPSA) is 73.1 Å². The monoisotopic (exact) mass is 476 g/mol. The second-order valence-corrected chi connectivity index (χ2v) is 9.05. The fourth-order valence-electron chi connectivity index (χ4n) is 4.31. The van der Waals surface area contributed by atoms with Gasteiger partial charge >= 0.3 is 0 Å². The van der Waals surface area contributed by atoms with Gasteiger partial charge in [-0.15, -0.1) is 0 Å². The average molecular weight is 477 g/mol. The van der Waals surface area contributed by atoms with Crippen LogP contribution in [0.25, 0.3) is 0 Å². The molecule has 0 spiro atoms. The SMILES string of the molecule is CCCN(CC/C=C(/C)CCO)CCN=CC1=C(O)CC(c2ccccc2C(C)(F)F)CC1=O. The molecule has 1 aliphatic carbocycles. The van der Waals surface area contributed by atoms with Gasteiger partial charge in [0.15, 0.2) is 5.78 Å². The van der Waals surface area contributed by atoms with Gasteiger partial charge < -0.3 is 15.1 Å². The number of ketones is 1. The summed E-state index contributed by atoms with van der Waals surface area (Å²) in [6, 6.07) is 6.23. The molecule has 0 bridgehead atoms. The molecular weight excluding hydrogens is 438 g/mol. The van der Waals surface area contributed by atoms with Crippen molar-refractivity contribution in [2.45, 2.75) is 64.7 Å². The van der Waals surface area contributed by atoms with E-state index in [1.165, 1.54) is 17.9 Å². The average Bonchev–Trinajstić information content (AvgIpc) is 2.77. The first-order valence-corrected chi connectivity index (χ1v) is 12.1. The van der Waals surface area contributed by atoms with Crippen molar-refractivity contribution in [3.8, 4) is 0 Å². The predicted molar refractivity (Wildman–Crippen MR) is 133 cm³/mol. The number of hydrogen-bond acceptors (Lipinski definition) is 5. The van der Waals surface area contributed by atoms with Crippen LogP contribution in [0.2, 0.25) is 0 Å². The van der Waals surface area contributed by atoms with Crippen LogP contribution in [-0.4, -0.2) is 59.9 Å². The molecule has 0 radical (unpaired) electrons. The smallest absolute Gasteiger partial charge is 0.270 e. The van der Waals surface area contributed by atoms with Gasteiger partial charge in [-0.25, -0.2) is 8.78 Å². The number of carbonyl (C=O) groups excluding carboxylic acids is 1. The number of allylic oxidation sites excluding steroid dienone is 2. The first-order valence-electron chi connectivity index (χ1n) is 12.1. The molecule has 1 aromatic rings. The fraction of sp³-hybridized carbons (Fsp3) is 0.556. The Morgan fingerprint density at radius 2 is 1.97 bits per heavy atom. The molecule has 1 atom stereocenters. The van der Waals surface area contributed by atoms with Crippen molar-refractivity contribution < 1.29 is 23.8 Å². The Kier molecular flexibility index (Phi) is 11.1. The van der Waals surface area contributed by atoms with Crippen LogP contribution < -0.4 is 0 Å². The zero-order valence-electron chi connectivity index (χ0n) is 20.6. The summed E-state index contributed by atoms with van der Waals surface area (Å²) < 4.78 is 28.0. The lowest BCUT2D eigenvalue weighted by molar-refractivity contribution is -0.116. The van der Waals surface area contributed by atoms with E-state index in [9.17, 15) is 18.7 Å². The van der Waals surface area contributed by atoms with Gasteiger partial charge in [0.2, 0.25) is 0 Å². The summed E-state index contributed by atoms with van der Waals surface area (Å²) >= 11 is 0. The Morgan fingerprint density at radius 1 is 1.24 bits per heavy atom. The molecular formula is C27H38F2N2O3. The Balaban J connectivity index is 1.99.